The Labute approximate surface area is 110 Å². The summed E-state index contributed by atoms with van der Waals surface area (Å²) in [5.74, 6) is 0.834. The third-order valence-electron chi connectivity index (χ3n) is 2.20. The second-order valence-corrected chi connectivity index (χ2v) is 4.49. The number of nitrogens with zero attached hydrogens (tertiary/aromatic N) is 2. The third-order valence-corrected chi connectivity index (χ3v) is 3.07. The number of aromatic nitrogens is 1. The van der Waals surface area contributed by atoms with Crippen molar-refractivity contribution in [3.05, 3.63) is 40.9 Å². The van der Waals surface area contributed by atoms with Gasteiger partial charge >= 0.3 is 0 Å². The number of hydrogen-bond donors (Lipinski definition) is 1. The van der Waals surface area contributed by atoms with Gasteiger partial charge in [-0.2, -0.15) is 5.10 Å². The van der Waals surface area contributed by atoms with Crippen molar-refractivity contribution in [1.82, 2.24) is 4.98 Å². The normalized spacial score (nSPS) is 10.8. The van der Waals surface area contributed by atoms with E-state index >= 15 is 0 Å². The highest BCUT2D eigenvalue weighted by Crippen LogP contribution is 2.17. The lowest BCUT2D eigenvalue weighted by Gasteiger charge is -2.05. The van der Waals surface area contributed by atoms with Crippen molar-refractivity contribution in [1.29, 1.82) is 0 Å². The van der Waals surface area contributed by atoms with Crippen molar-refractivity contribution in [3.8, 4) is 5.75 Å². The molecule has 0 saturated carbocycles. The van der Waals surface area contributed by atoms with Crippen LogP contribution in [0.1, 0.15) is 18.2 Å². The van der Waals surface area contributed by atoms with Gasteiger partial charge in [0.15, 0.2) is 0 Å². The van der Waals surface area contributed by atoms with Crippen LogP contribution in [-0.2, 0) is 0 Å². The number of rotatable bonds is 5. The Bertz CT molecular complexity index is 537. The predicted molar refractivity (Wildman–Crippen MR) is 75.7 cm³/mol. The van der Waals surface area contributed by atoms with Crippen LogP contribution in [0.5, 0.6) is 5.75 Å². The topological polar surface area (TPSA) is 46.5 Å². The molecule has 0 fully saturated rings. The second kappa shape index (κ2) is 6.16. The van der Waals surface area contributed by atoms with E-state index in [2.05, 4.69) is 15.5 Å². The first-order chi connectivity index (χ1) is 8.79. The van der Waals surface area contributed by atoms with E-state index in [1.54, 1.807) is 6.21 Å². The minimum atomic E-state index is 0.643. The Morgan fingerprint density at radius 2 is 2.28 bits per heavy atom. The third kappa shape index (κ3) is 3.30. The average molecular weight is 261 g/mol. The summed E-state index contributed by atoms with van der Waals surface area (Å²) < 4.78 is 5.51. The van der Waals surface area contributed by atoms with E-state index in [-0.39, 0.29) is 0 Å². The van der Waals surface area contributed by atoms with Crippen molar-refractivity contribution in [2.75, 3.05) is 12.0 Å². The number of para-hydroxylation sites is 1. The van der Waals surface area contributed by atoms with E-state index < -0.39 is 0 Å². The van der Waals surface area contributed by atoms with Crippen LogP contribution >= 0.6 is 11.3 Å². The van der Waals surface area contributed by atoms with E-state index in [0.717, 1.165) is 22.1 Å². The van der Waals surface area contributed by atoms with Crippen molar-refractivity contribution in [2.45, 2.75) is 13.8 Å². The largest absolute Gasteiger partial charge is 0.493 e. The molecule has 1 heterocycles. The summed E-state index contributed by atoms with van der Waals surface area (Å²) in [6, 6.07) is 7.79. The molecule has 0 aliphatic carbocycles. The molecule has 0 aliphatic rings. The molecule has 0 aliphatic heterocycles. The van der Waals surface area contributed by atoms with Crippen LogP contribution in [0.25, 0.3) is 0 Å². The lowest BCUT2D eigenvalue weighted by Crippen LogP contribution is -1.97. The number of ether oxygens (including phenoxy) is 1. The van der Waals surface area contributed by atoms with E-state index in [9.17, 15) is 0 Å². The zero-order valence-corrected chi connectivity index (χ0v) is 11.2. The summed E-state index contributed by atoms with van der Waals surface area (Å²) in [6.45, 7) is 4.56. The lowest BCUT2D eigenvalue weighted by atomic mass is 10.2. The Hall–Kier alpha value is -1.88. The van der Waals surface area contributed by atoms with Gasteiger partial charge in [-0.3, -0.25) is 5.43 Å². The fourth-order valence-electron chi connectivity index (χ4n) is 1.44. The zero-order valence-electron chi connectivity index (χ0n) is 10.4. The van der Waals surface area contributed by atoms with Gasteiger partial charge in [0, 0.05) is 10.9 Å². The molecule has 0 bridgehead atoms. The van der Waals surface area contributed by atoms with Crippen molar-refractivity contribution in [2.24, 2.45) is 5.10 Å². The number of aryl methyl sites for hydroxylation is 1. The van der Waals surface area contributed by atoms with Crippen LogP contribution in [0.3, 0.4) is 0 Å². The minimum Gasteiger partial charge on any atom is -0.493 e. The van der Waals surface area contributed by atoms with Gasteiger partial charge in [0.1, 0.15) is 5.75 Å². The first-order valence-corrected chi connectivity index (χ1v) is 6.60. The monoisotopic (exact) mass is 261 g/mol. The van der Waals surface area contributed by atoms with Crippen LogP contribution in [-0.4, -0.2) is 17.8 Å². The van der Waals surface area contributed by atoms with Crippen LogP contribution in [0.4, 0.5) is 5.13 Å². The van der Waals surface area contributed by atoms with Crippen LogP contribution in [0.15, 0.2) is 34.7 Å². The molecule has 18 heavy (non-hydrogen) atoms. The van der Waals surface area contributed by atoms with E-state index in [1.165, 1.54) is 11.3 Å². The molecule has 1 aromatic heterocycles. The Balaban J connectivity index is 2.04. The Morgan fingerprint density at radius 1 is 1.44 bits per heavy atom. The Kier molecular flexibility index (Phi) is 4.30. The smallest absolute Gasteiger partial charge is 0.203 e. The number of hydrazone groups is 1. The molecular weight excluding hydrogens is 246 g/mol. The van der Waals surface area contributed by atoms with Gasteiger partial charge in [0.05, 0.1) is 18.5 Å². The van der Waals surface area contributed by atoms with E-state index in [4.69, 9.17) is 4.74 Å². The number of thiazole rings is 1. The molecule has 0 radical (unpaired) electrons. The Morgan fingerprint density at radius 3 is 3.00 bits per heavy atom. The van der Waals surface area contributed by atoms with Gasteiger partial charge in [-0.1, -0.05) is 12.1 Å². The molecule has 4 nitrogen and oxygen atoms in total. The average Bonchev–Trinajstić information content (AvgIpc) is 2.78. The molecular formula is C13H15N3OS. The van der Waals surface area contributed by atoms with Gasteiger partial charge in [-0.15, -0.1) is 11.3 Å². The standard InChI is InChI=1S/C13H15N3OS/c1-3-17-12-7-5-4-6-11(12)8-14-16-13-15-10(2)9-18-13/h4-9H,3H2,1-2H3,(H,15,16)/b14-8+. The van der Waals surface area contributed by atoms with E-state index in [1.807, 2.05) is 43.5 Å². The summed E-state index contributed by atoms with van der Waals surface area (Å²) in [4.78, 5) is 4.26. The second-order valence-electron chi connectivity index (χ2n) is 3.63. The molecule has 2 aromatic rings. The van der Waals surface area contributed by atoms with Gasteiger partial charge in [-0.25, -0.2) is 4.98 Å². The lowest BCUT2D eigenvalue weighted by molar-refractivity contribution is 0.340. The highest BCUT2D eigenvalue weighted by molar-refractivity contribution is 7.13. The first kappa shape index (κ1) is 12.6. The molecule has 5 heteroatoms. The number of anilines is 1. The van der Waals surface area contributed by atoms with Crippen LogP contribution < -0.4 is 10.2 Å². The van der Waals surface area contributed by atoms with Gasteiger partial charge in [-0.05, 0) is 26.0 Å². The minimum absolute atomic E-state index is 0.643. The predicted octanol–water partition coefficient (Wildman–Crippen LogP) is 3.30. The van der Waals surface area contributed by atoms with Crippen LogP contribution in [0.2, 0.25) is 0 Å². The van der Waals surface area contributed by atoms with Crippen molar-refractivity contribution < 1.29 is 4.74 Å². The van der Waals surface area contributed by atoms with Crippen LogP contribution in [0, 0.1) is 6.92 Å². The summed E-state index contributed by atoms with van der Waals surface area (Å²) in [6.07, 6.45) is 1.74. The maximum atomic E-state index is 5.51. The first-order valence-electron chi connectivity index (χ1n) is 5.72. The summed E-state index contributed by atoms with van der Waals surface area (Å²) >= 11 is 1.53. The SMILES string of the molecule is CCOc1ccccc1/C=N/Nc1nc(C)cs1. The van der Waals surface area contributed by atoms with E-state index in [0.29, 0.717) is 6.61 Å². The summed E-state index contributed by atoms with van der Waals surface area (Å²) in [5.41, 5.74) is 4.84. The molecule has 94 valence electrons. The fourth-order valence-corrected chi connectivity index (χ4v) is 2.07. The fraction of sp³-hybridized carbons (Fsp3) is 0.231. The zero-order chi connectivity index (χ0) is 12.8. The highest BCUT2D eigenvalue weighted by Gasteiger charge is 1.99. The van der Waals surface area contributed by atoms with Crippen molar-refractivity contribution in [3.63, 3.8) is 0 Å². The van der Waals surface area contributed by atoms with Crippen molar-refractivity contribution >= 4 is 22.7 Å². The molecule has 1 aromatic carbocycles. The van der Waals surface area contributed by atoms with Gasteiger partial charge in [0.2, 0.25) is 5.13 Å². The highest BCUT2D eigenvalue weighted by atomic mass is 32.1. The van der Waals surface area contributed by atoms with Gasteiger partial charge < -0.3 is 4.74 Å². The maximum Gasteiger partial charge on any atom is 0.203 e. The molecule has 0 atom stereocenters. The number of nitrogens with one attached hydrogen (secondary N) is 1. The molecule has 0 saturated heterocycles. The van der Waals surface area contributed by atoms with Gasteiger partial charge in [0.25, 0.3) is 0 Å². The summed E-state index contributed by atoms with van der Waals surface area (Å²) in [5, 5.41) is 6.93. The quantitative estimate of drug-likeness (QED) is 0.663. The molecule has 2 rings (SSSR count). The number of hydrogen-bond acceptors (Lipinski definition) is 5. The molecule has 0 spiro atoms. The summed E-state index contributed by atoms with van der Waals surface area (Å²) in [7, 11) is 0. The molecule has 0 amide bonds. The molecule has 1 N–H and O–H groups in total. The molecule has 0 unspecified atom stereocenters. The maximum absolute atomic E-state index is 5.51. The number of benzene rings is 1.